The van der Waals surface area contributed by atoms with Gasteiger partial charge in [-0.1, -0.05) is 146 Å². The van der Waals surface area contributed by atoms with Crippen LogP contribution in [-0.4, -0.2) is 117 Å². The molecule has 10 atom stereocenters. The van der Waals surface area contributed by atoms with Crippen LogP contribution in [0.15, 0.2) is 146 Å². The summed E-state index contributed by atoms with van der Waals surface area (Å²) in [7, 11) is 6.28. The van der Waals surface area contributed by atoms with Crippen LogP contribution in [0.25, 0.3) is 0 Å². The molecule has 0 aliphatic carbocycles. The van der Waals surface area contributed by atoms with Crippen LogP contribution in [0.1, 0.15) is 39.8 Å². The van der Waals surface area contributed by atoms with Crippen molar-refractivity contribution in [3.63, 3.8) is 0 Å². The summed E-state index contributed by atoms with van der Waals surface area (Å²) >= 11 is 0. The van der Waals surface area contributed by atoms with Crippen molar-refractivity contribution in [3.05, 3.63) is 179 Å². The Labute approximate surface area is 401 Å². The molecule has 5 aromatic rings. The summed E-state index contributed by atoms with van der Waals surface area (Å²) in [4.78, 5) is 0. The van der Waals surface area contributed by atoms with Gasteiger partial charge in [0.1, 0.15) is 63.1 Å². The number of hydrogen-bond donors (Lipinski definition) is 0. The van der Waals surface area contributed by atoms with Gasteiger partial charge in [0.25, 0.3) is 0 Å². The molecule has 0 amide bonds. The third-order valence-corrected chi connectivity index (χ3v) is 12.1. The fraction of sp³-hybridized carbons (Fsp3) is 0.455. The topological polar surface area (TPSA) is 120 Å². The van der Waals surface area contributed by atoms with Crippen molar-refractivity contribution in [2.75, 3.05) is 55.4 Å². The molecule has 5 aromatic carbocycles. The summed E-state index contributed by atoms with van der Waals surface area (Å²) in [6.07, 6.45) is -3.49. The van der Waals surface area contributed by atoms with Crippen LogP contribution < -0.4 is 0 Å². The minimum atomic E-state index is -0.731. The maximum atomic E-state index is 7.16. The van der Waals surface area contributed by atoms with Crippen molar-refractivity contribution < 1.29 is 61.6 Å². The van der Waals surface area contributed by atoms with E-state index >= 15 is 0 Å². The van der Waals surface area contributed by atoms with E-state index in [1.807, 2.05) is 72.8 Å². The van der Waals surface area contributed by atoms with E-state index in [1.54, 1.807) is 28.4 Å². The first-order chi connectivity index (χ1) is 33.6. The molecule has 2 saturated heterocycles. The molecule has 0 bridgehead atoms. The molecule has 13 heteroatoms. The predicted molar refractivity (Wildman–Crippen MR) is 254 cm³/mol. The Hall–Kier alpha value is -4.42. The van der Waals surface area contributed by atoms with E-state index in [9.17, 15) is 0 Å². The molecule has 0 unspecified atom stereocenters. The lowest BCUT2D eigenvalue weighted by Gasteiger charge is -2.46. The fourth-order valence-electron chi connectivity index (χ4n) is 8.74. The number of aryl methyl sites for hydroxylation is 1. The van der Waals surface area contributed by atoms with Crippen molar-refractivity contribution in [3.8, 4) is 0 Å². The van der Waals surface area contributed by atoms with E-state index in [4.69, 9.17) is 61.6 Å². The number of benzene rings is 5. The fourth-order valence-corrected chi connectivity index (χ4v) is 8.74. The average molecular weight is 937 g/mol. The van der Waals surface area contributed by atoms with Crippen molar-refractivity contribution in [2.24, 2.45) is 0 Å². The van der Waals surface area contributed by atoms with Crippen molar-refractivity contribution in [1.82, 2.24) is 0 Å². The number of ether oxygens (including phenoxy) is 13. The third-order valence-electron chi connectivity index (χ3n) is 12.1. The minimum absolute atomic E-state index is 0.0210. The summed E-state index contributed by atoms with van der Waals surface area (Å²) in [5.74, 6) is 0. The minimum Gasteiger partial charge on any atom is -0.374 e. The maximum absolute atomic E-state index is 7.16. The zero-order chi connectivity index (χ0) is 47.2. The Morgan fingerprint density at radius 3 is 1.28 bits per heavy atom. The molecule has 0 radical (unpaired) electrons. The quantitative estimate of drug-likeness (QED) is 0.0449. The van der Waals surface area contributed by atoms with Gasteiger partial charge in [-0.2, -0.15) is 0 Å². The Bertz CT molecular complexity index is 2080. The van der Waals surface area contributed by atoms with Gasteiger partial charge in [0.05, 0.1) is 45.2 Å². The predicted octanol–water partition coefficient (Wildman–Crippen LogP) is 8.24. The van der Waals surface area contributed by atoms with Gasteiger partial charge in [0.2, 0.25) is 0 Å². The summed E-state index contributed by atoms with van der Waals surface area (Å²) in [5, 5.41) is 0. The molecule has 2 aliphatic rings. The van der Waals surface area contributed by atoms with Crippen LogP contribution in [0.2, 0.25) is 0 Å². The zero-order valence-electron chi connectivity index (χ0n) is 39.7. The Morgan fingerprint density at radius 1 is 0.368 bits per heavy atom. The lowest BCUT2D eigenvalue weighted by atomic mass is 9.90. The average Bonchev–Trinajstić information content (AvgIpc) is 3.38. The van der Waals surface area contributed by atoms with Crippen molar-refractivity contribution in [1.29, 1.82) is 0 Å². The molecule has 0 spiro atoms. The van der Waals surface area contributed by atoms with Gasteiger partial charge in [-0.15, -0.1) is 0 Å². The Morgan fingerprint density at radius 2 is 0.779 bits per heavy atom. The van der Waals surface area contributed by atoms with Gasteiger partial charge < -0.3 is 61.6 Å². The van der Waals surface area contributed by atoms with Gasteiger partial charge in [-0.3, -0.25) is 0 Å². The molecule has 7 rings (SSSR count). The second-order valence-corrected chi connectivity index (χ2v) is 16.9. The lowest BCUT2D eigenvalue weighted by Crippen LogP contribution is -2.61. The van der Waals surface area contributed by atoms with Gasteiger partial charge >= 0.3 is 0 Å². The van der Waals surface area contributed by atoms with Crippen molar-refractivity contribution in [2.45, 2.75) is 107 Å². The van der Waals surface area contributed by atoms with Gasteiger partial charge in [-0.05, 0) is 46.2 Å². The zero-order valence-corrected chi connectivity index (χ0v) is 39.7. The first-order valence-electron chi connectivity index (χ1n) is 23.4. The molecule has 366 valence electrons. The summed E-state index contributed by atoms with van der Waals surface area (Å²) in [5.41, 5.74) is 6.44. The third kappa shape index (κ3) is 15.3. The molecule has 0 saturated carbocycles. The number of hydrogen-bond acceptors (Lipinski definition) is 13. The largest absolute Gasteiger partial charge is 0.374 e. The standard InChI is InChI=1S/C55H68O13/c1-56-37-64-49-46(68-55(59-4)54(66-39-58-3)53(49)65-38-57-2)30-29-40-25-27-41(28-26-40)31-47-50(61-33-43-19-11-6-12-20-43)52(63-35-45-23-15-8-16-24-45)51(62-34-44-21-13-7-14-22-44)48(67-47)36-60-32-42-17-9-5-10-18-42/h5-28,46-55H,29-39H2,1-4H3/t46-,47+,48-,49-,50+,51-,52-,53+,54-,55+/m1/s1. The molecule has 0 aromatic heterocycles. The second kappa shape index (κ2) is 28.3. The van der Waals surface area contributed by atoms with E-state index < -0.39 is 61.2 Å². The van der Waals surface area contributed by atoms with Crippen LogP contribution in [0.3, 0.4) is 0 Å². The summed E-state index contributed by atoms with van der Waals surface area (Å²) in [6, 6.07) is 49.3. The van der Waals surface area contributed by atoms with E-state index in [0.717, 1.165) is 33.4 Å². The SMILES string of the molecule is COCO[C@@H]1[C@@H](OCOC)[C@@H](OC)O[C@H](CCc2ccc(C[C@@H]3O[C@H](COCc4ccccc4)[C@@H](OCc4ccccc4)[C@H](OCc4ccccc4)[C@H]3OCc3ccccc3)cc2)[C@H]1OCOC. The van der Waals surface area contributed by atoms with E-state index in [-0.39, 0.29) is 20.4 Å². The molecule has 13 nitrogen and oxygen atoms in total. The summed E-state index contributed by atoms with van der Waals surface area (Å²) in [6.45, 7) is 1.92. The highest BCUT2D eigenvalue weighted by Crippen LogP contribution is 2.34. The van der Waals surface area contributed by atoms with Gasteiger partial charge in [0, 0.05) is 34.9 Å². The molecule has 2 heterocycles. The number of rotatable bonds is 28. The number of methoxy groups -OCH3 is 4. The highest BCUT2D eigenvalue weighted by molar-refractivity contribution is 5.25. The lowest BCUT2D eigenvalue weighted by molar-refractivity contribution is -0.334. The van der Waals surface area contributed by atoms with E-state index in [0.29, 0.717) is 52.3 Å². The van der Waals surface area contributed by atoms with Crippen LogP contribution in [0, 0.1) is 0 Å². The monoisotopic (exact) mass is 936 g/mol. The normalized spacial score (nSPS) is 25.1. The molecule has 2 aliphatic heterocycles. The molecule has 2 fully saturated rings. The van der Waals surface area contributed by atoms with Crippen LogP contribution >= 0.6 is 0 Å². The summed E-state index contributed by atoms with van der Waals surface area (Å²) < 4.78 is 80.8. The second-order valence-electron chi connectivity index (χ2n) is 16.9. The van der Waals surface area contributed by atoms with Gasteiger partial charge in [-0.25, -0.2) is 0 Å². The first-order valence-corrected chi connectivity index (χ1v) is 23.4. The Kier molecular flexibility index (Phi) is 21.4. The Balaban J connectivity index is 1.13. The van der Waals surface area contributed by atoms with Crippen LogP contribution in [0.5, 0.6) is 0 Å². The highest BCUT2D eigenvalue weighted by Gasteiger charge is 2.50. The molecular weight excluding hydrogens is 869 g/mol. The van der Waals surface area contributed by atoms with Crippen molar-refractivity contribution >= 4 is 0 Å². The van der Waals surface area contributed by atoms with Crippen LogP contribution in [-0.2, 0) is 101 Å². The van der Waals surface area contributed by atoms with E-state index in [2.05, 4.69) is 72.8 Å². The smallest absolute Gasteiger partial charge is 0.186 e. The maximum Gasteiger partial charge on any atom is 0.186 e. The first kappa shape index (κ1) is 51.4. The molecular formula is C55H68O13. The van der Waals surface area contributed by atoms with E-state index in [1.165, 1.54) is 0 Å². The molecule has 68 heavy (non-hydrogen) atoms. The van der Waals surface area contributed by atoms with Crippen LogP contribution in [0.4, 0.5) is 0 Å². The highest BCUT2D eigenvalue weighted by atomic mass is 16.8. The van der Waals surface area contributed by atoms with Gasteiger partial charge in [0.15, 0.2) is 6.29 Å². The molecule has 0 N–H and O–H groups in total.